The summed E-state index contributed by atoms with van der Waals surface area (Å²) in [5.41, 5.74) is 1.63. The number of ether oxygens (including phenoxy) is 6. The van der Waals surface area contributed by atoms with Gasteiger partial charge in [-0.1, -0.05) is 72.3 Å². The summed E-state index contributed by atoms with van der Waals surface area (Å²) >= 11 is 0. The summed E-state index contributed by atoms with van der Waals surface area (Å²) < 4.78 is 36.6. The van der Waals surface area contributed by atoms with E-state index in [0.717, 1.165) is 6.42 Å². The monoisotopic (exact) mass is 949 g/mol. The minimum atomic E-state index is -1.72. The molecule has 0 aromatic heterocycles. The van der Waals surface area contributed by atoms with E-state index in [2.05, 4.69) is 0 Å². The predicted octanol–water partition coefficient (Wildman–Crippen LogP) is 0.418. The third-order valence-electron chi connectivity index (χ3n) is 13.3. The van der Waals surface area contributed by atoms with Crippen LogP contribution in [0.5, 0.6) is 0 Å². The van der Waals surface area contributed by atoms with Crippen molar-refractivity contribution in [2.24, 2.45) is 29.6 Å². The second-order valence-electron chi connectivity index (χ2n) is 18.9. The van der Waals surface area contributed by atoms with Crippen LogP contribution in [0.2, 0.25) is 0 Å². The summed E-state index contributed by atoms with van der Waals surface area (Å²) in [5, 5.41) is 127. The van der Waals surface area contributed by atoms with E-state index >= 15 is 0 Å². The van der Waals surface area contributed by atoms with Crippen molar-refractivity contribution >= 4 is 5.97 Å². The molecule has 3 heterocycles. The van der Waals surface area contributed by atoms with Crippen molar-refractivity contribution in [2.45, 2.75) is 206 Å². The van der Waals surface area contributed by atoms with Crippen LogP contribution in [0.15, 0.2) is 46.6 Å². The number of carbonyl (C=O) groups is 1. The van der Waals surface area contributed by atoms with Crippen LogP contribution >= 0.6 is 0 Å². The van der Waals surface area contributed by atoms with Gasteiger partial charge in [-0.3, -0.25) is 0 Å². The molecule has 3 rings (SSSR count). The van der Waals surface area contributed by atoms with Crippen LogP contribution in [-0.2, 0) is 33.2 Å². The Morgan fingerprint density at radius 2 is 0.864 bits per heavy atom. The van der Waals surface area contributed by atoms with Crippen molar-refractivity contribution in [2.75, 3.05) is 6.61 Å². The zero-order chi connectivity index (χ0) is 50.2. The van der Waals surface area contributed by atoms with Gasteiger partial charge in [-0.25, -0.2) is 4.79 Å². The second-order valence-corrected chi connectivity index (χ2v) is 18.9. The molecule has 3 unspecified atom stereocenters. The Morgan fingerprint density at radius 1 is 0.530 bits per heavy atom. The molecule has 0 amide bonds. The molecule has 12 N–H and O–H groups in total. The Hall–Kier alpha value is -2.25. The highest BCUT2D eigenvalue weighted by Gasteiger charge is 2.47. The first kappa shape index (κ1) is 58.1. The van der Waals surface area contributed by atoms with Crippen molar-refractivity contribution in [1.29, 1.82) is 0 Å². The predicted molar refractivity (Wildman–Crippen MR) is 238 cm³/mol. The number of carboxylic acids is 1. The number of aliphatic carboxylic acids is 1. The van der Waals surface area contributed by atoms with Gasteiger partial charge < -0.3 is 89.7 Å². The molecule has 382 valence electrons. The Bertz CT molecular complexity index is 1650. The number of aliphatic hydroxyl groups is 11. The summed E-state index contributed by atoms with van der Waals surface area (Å²) in [6, 6.07) is 0. The summed E-state index contributed by atoms with van der Waals surface area (Å²) in [7, 11) is 0. The van der Waals surface area contributed by atoms with Crippen LogP contribution in [0.4, 0.5) is 0 Å². The smallest absolute Gasteiger partial charge is 0.330 e. The molecule has 0 bridgehead atoms. The summed E-state index contributed by atoms with van der Waals surface area (Å²) in [6.45, 7) is 20.0. The van der Waals surface area contributed by atoms with Gasteiger partial charge in [0.15, 0.2) is 18.9 Å². The van der Waals surface area contributed by atoms with Gasteiger partial charge in [-0.05, 0) is 64.2 Å². The van der Waals surface area contributed by atoms with E-state index in [1.807, 2.05) is 26.8 Å². The molecule has 0 aromatic carbocycles. The normalized spacial score (nSPS) is 38.4. The fourth-order valence-electron chi connectivity index (χ4n) is 8.92. The van der Waals surface area contributed by atoms with Gasteiger partial charge in [0.2, 0.25) is 0 Å². The highest BCUT2D eigenvalue weighted by atomic mass is 16.7. The van der Waals surface area contributed by atoms with Gasteiger partial charge in [0.1, 0.15) is 61.0 Å². The molecular formula is C47H80O19. The maximum Gasteiger partial charge on any atom is 0.330 e. The van der Waals surface area contributed by atoms with E-state index in [0.29, 0.717) is 16.7 Å². The fourth-order valence-corrected chi connectivity index (χ4v) is 8.92. The Labute approximate surface area is 388 Å². The lowest BCUT2D eigenvalue weighted by atomic mass is 9.86. The molecule has 3 aliphatic rings. The number of aliphatic hydroxyl groups excluding tert-OH is 11. The maximum atomic E-state index is 11.9. The van der Waals surface area contributed by atoms with Crippen molar-refractivity contribution in [3.8, 4) is 0 Å². The summed E-state index contributed by atoms with van der Waals surface area (Å²) in [4.78, 5) is 11.9. The lowest BCUT2D eigenvalue weighted by Crippen LogP contribution is -2.60. The van der Waals surface area contributed by atoms with E-state index in [-0.39, 0.29) is 17.4 Å². The van der Waals surface area contributed by atoms with Gasteiger partial charge >= 0.3 is 5.97 Å². The van der Waals surface area contributed by atoms with Crippen molar-refractivity contribution in [1.82, 2.24) is 0 Å². The molecule has 19 nitrogen and oxygen atoms in total. The lowest BCUT2D eigenvalue weighted by Gasteiger charge is -2.42. The third kappa shape index (κ3) is 14.4. The Kier molecular flexibility index (Phi) is 22.5. The standard InChI is InChI=1S/C47H80O19/c1-13-19(2)31(49)20(3)14-21(4)41(66-47-40(58)37(55)34(52)30(18-48)63-47)22(5)15-23(6)42(64-45-38(56)35(53)32(50)28(11)61-45)24(7)16-25(8)43(26(9)17-27(10)44(59)60)65-46-39(57)36(54)33(51)29(12)62-46/h14-17,19-20,22,24,26,28-43,45-58H,13,18H2,1-12H3,(H,59,60)/b21-14+,23-15+,25-16+,27-17+/t19?,20?,22-,24-,26-,28-,29-,30+,31?,32-,33-,34+,35+,36+,37-,38+,39+,40-,41+,42+,43+,45-,46-,47-/m0/s1. The van der Waals surface area contributed by atoms with Gasteiger partial charge in [-0.2, -0.15) is 0 Å². The second kappa shape index (κ2) is 25.6. The Balaban J connectivity index is 2.18. The highest BCUT2D eigenvalue weighted by molar-refractivity contribution is 5.85. The van der Waals surface area contributed by atoms with E-state index < -0.39 is 147 Å². The van der Waals surface area contributed by atoms with Gasteiger partial charge in [0, 0.05) is 29.2 Å². The minimum absolute atomic E-state index is 0.00627. The van der Waals surface area contributed by atoms with Crippen LogP contribution in [0.25, 0.3) is 0 Å². The zero-order valence-electron chi connectivity index (χ0n) is 40.3. The van der Waals surface area contributed by atoms with Crippen LogP contribution in [0.3, 0.4) is 0 Å². The van der Waals surface area contributed by atoms with E-state index in [1.54, 1.807) is 53.7 Å². The summed E-state index contributed by atoms with van der Waals surface area (Å²) in [6.07, 6.45) is -18.1. The largest absolute Gasteiger partial charge is 0.478 e. The fraction of sp³-hybridized carbons (Fsp3) is 0.809. The minimum Gasteiger partial charge on any atom is -0.478 e. The van der Waals surface area contributed by atoms with Gasteiger partial charge in [0.05, 0.1) is 43.2 Å². The molecule has 66 heavy (non-hydrogen) atoms. The molecule has 3 fully saturated rings. The Morgan fingerprint density at radius 3 is 1.21 bits per heavy atom. The van der Waals surface area contributed by atoms with Crippen molar-refractivity contribution in [3.63, 3.8) is 0 Å². The number of hydrogen-bond acceptors (Lipinski definition) is 18. The molecule has 0 aliphatic carbocycles. The van der Waals surface area contributed by atoms with Crippen LogP contribution < -0.4 is 0 Å². The SMILES string of the molecule is CCC(C)C(O)C(C)/C=C(\C)[C@@H](O[C@@H]1O[C@H](CO)[C@@H](O)[C@H](O)[C@@H]1O)[C@@H](C)/C=C(\C)[C@@H](O[C@@H]1O[C@@H](C)[C@H](O)[C@@H](O)[C@H]1O)[C@@H](C)/C=C(\C)[C@@H](O[C@@H]1O[C@@H](C)[C@H](O)[C@@H](O)[C@H]1O)[C@@H](C)/C=C(\C)C(=O)O. The third-order valence-corrected chi connectivity index (χ3v) is 13.3. The molecule has 0 radical (unpaired) electrons. The van der Waals surface area contributed by atoms with E-state index in [9.17, 15) is 66.1 Å². The number of hydrogen-bond donors (Lipinski definition) is 12. The van der Waals surface area contributed by atoms with E-state index in [4.69, 9.17) is 28.4 Å². The van der Waals surface area contributed by atoms with Crippen LogP contribution in [0.1, 0.15) is 89.5 Å². The molecule has 3 saturated heterocycles. The molecule has 19 heteroatoms. The first-order chi connectivity index (χ1) is 30.7. The molecule has 3 aliphatic heterocycles. The molecular weight excluding hydrogens is 868 g/mol. The number of rotatable bonds is 21. The molecule has 0 spiro atoms. The first-order valence-electron chi connectivity index (χ1n) is 23.0. The average Bonchev–Trinajstić information content (AvgIpc) is 3.26. The molecule has 0 saturated carbocycles. The zero-order valence-corrected chi connectivity index (χ0v) is 40.3. The topological polar surface area (TPSA) is 315 Å². The van der Waals surface area contributed by atoms with Gasteiger partial charge in [0.25, 0.3) is 0 Å². The summed E-state index contributed by atoms with van der Waals surface area (Å²) in [5.74, 6) is -3.54. The highest BCUT2D eigenvalue weighted by Crippen LogP contribution is 2.34. The number of carboxylic acid groups (broad SMARTS) is 1. The van der Waals surface area contributed by atoms with Crippen LogP contribution in [0, 0.1) is 29.6 Å². The molecule has 24 atom stereocenters. The maximum absolute atomic E-state index is 11.9. The quantitative estimate of drug-likeness (QED) is 0.0548. The van der Waals surface area contributed by atoms with Gasteiger partial charge in [-0.15, -0.1) is 0 Å². The average molecular weight is 949 g/mol. The van der Waals surface area contributed by atoms with E-state index in [1.165, 1.54) is 26.8 Å². The first-order valence-corrected chi connectivity index (χ1v) is 23.0. The molecule has 0 aromatic rings. The van der Waals surface area contributed by atoms with Crippen LogP contribution in [-0.4, -0.2) is 190 Å². The van der Waals surface area contributed by atoms with Crippen molar-refractivity contribution in [3.05, 3.63) is 46.6 Å². The van der Waals surface area contributed by atoms with Crippen molar-refractivity contribution < 1.29 is 94.5 Å². The lowest BCUT2D eigenvalue weighted by molar-refractivity contribution is -0.310.